The summed E-state index contributed by atoms with van der Waals surface area (Å²) in [7, 11) is 0. The third kappa shape index (κ3) is 4.44. The smallest absolute Gasteiger partial charge is 0.269 e. The summed E-state index contributed by atoms with van der Waals surface area (Å²) >= 11 is 1.21. The standard InChI is InChI=1S/C24H15F2N5O3S/c25-13-1-4-15(5-2-13)31-23(33)17(11-19-24(31)35-12-29-19)22(32)30-14-3-6-20(18(26)9-14)34-16-7-8-28-21(27)10-16/h1-12H,(H2,27,28)(H,30,32). The molecule has 3 aromatic heterocycles. The number of thiazole rings is 1. The van der Waals surface area contributed by atoms with E-state index >= 15 is 0 Å². The number of amides is 1. The highest BCUT2D eigenvalue weighted by Gasteiger charge is 2.19. The second kappa shape index (κ2) is 8.95. The molecule has 5 rings (SSSR count). The molecule has 0 radical (unpaired) electrons. The highest BCUT2D eigenvalue weighted by molar-refractivity contribution is 7.16. The zero-order valence-electron chi connectivity index (χ0n) is 17.7. The van der Waals surface area contributed by atoms with Gasteiger partial charge in [0, 0.05) is 24.0 Å². The molecular weight excluding hydrogens is 476 g/mol. The number of aromatic nitrogens is 3. The Balaban J connectivity index is 1.45. The molecule has 0 aliphatic carbocycles. The number of anilines is 2. The summed E-state index contributed by atoms with van der Waals surface area (Å²) < 4.78 is 34.8. The number of nitrogens with one attached hydrogen (secondary N) is 1. The van der Waals surface area contributed by atoms with Crippen LogP contribution in [0.15, 0.2) is 77.2 Å². The van der Waals surface area contributed by atoms with Crippen LogP contribution in [0, 0.1) is 11.6 Å². The first-order valence-corrected chi connectivity index (χ1v) is 11.0. The van der Waals surface area contributed by atoms with Gasteiger partial charge in [0.1, 0.15) is 27.8 Å². The molecule has 0 bridgehead atoms. The molecule has 0 spiro atoms. The third-order valence-electron chi connectivity index (χ3n) is 4.99. The van der Waals surface area contributed by atoms with E-state index in [1.807, 2.05) is 0 Å². The molecule has 0 atom stereocenters. The number of fused-ring (bicyclic) bond motifs is 1. The van der Waals surface area contributed by atoms with Crippen molar-refractivity contribution in [3.05, 3.63) is 99.9 Å². The Morgan fingerprint density at radius 3 is 2.57 bits per heavy atom. The van der Waals surface area contributed by atoms with Gasteiger partial charge in [-0.15, -0.1) is 11.3 Å². The number of halogens is 2. The van der Waals surface area contributed by atoms with Crippen LogP contribution in [-0.4, -0.2) is 20.4 Å². The van der Waals surface area contributed by atoms with Crippen molar-refractivity contribution < 1.29 is 18.3 Å². The van der Waals surface area contributed by atoms with Crippen LogP contribution in [0.4, 0.5) is 20.3 Å². The second-order valence-electron chi connectivity index (χ2n) is 7.34. The van der Waals surface area contributed by atoms with E-state index in [0.29, 0.717) is 21.8 Å². The topological polar surface area (TPSA) is 112 Å². The maximum atomic E-state index is 14.6. The van der Waals surface area contributed by atoms with Gasteiger partial charge in [0.2, 0.25) is 0 Å². The first-order chi connectivity index (χ1) is 16.9. The van der Waals surface area contributed by atoms with Gasteiger partial charge in [0.05, 0.1) is 16.7 Å². The van der Waals surface area contributed by atoms with E-state index in [-0.39, 0.29) is 22.8 Å². The minimum Gasteiger partial charge on any atom is -0.454 e. The van der Waals surface area contributed by atoms with Crippen molar-refractivity contribution in [1.29, 1.82) is 0 Å². The molecule has 0 saturated heterocycles. The maximum absolute atomic E-state index is 14.6. The van der Waals surface area contributed by atoms with E-state index in [1.54, 1.807) is 0 Å². The summed E-state index contributed by atoms with van der Waals surface area (Å²) in [6.45, 7) is 0. The fraction of sp³-hybridized carbons (Fsp3) is 0. The summed E-state index contributed by atoms with van der Waals surface area (Å²) in [6.07, 6.45) is 1.43. The summed E-state index contributed by atoms with van der Waals surface area (Å²) in [5.41, 5.74) is 7.21. The summed E-state index contributed by atoms with van der Waals surface area (Å²) in [5, 5.41) is 2.52. The van der Waals surface area contributed by atoms with Crippen LogP contribution in [0.3, 0.4) is 0 Å². The Bertz CT molecular complexity index is 1630. The zero-order chi connectivity index (χ0) is 24.5. The SMILES string of the molecule is Nc1cc(Oc2ccc(NC(=O)c3cc4ncsc4n(-c4ccc(F)cc4)c3=O)cc2F)ccn1. The van der Waals surface area contributed by atoms with Gasteiger partial charge in [-0.1, -0.05) is 0 Å². The molecule has 35 heavy (non-hydrogen) atoms. The third-order valence-corrected chi connectivity index (χ3v) is 5.82. The lowest BCUT2D eigenvalue weighted by atomic mass is 10.2. The van der Waals surface area contributed by atoms with Crippen LogP contribution >= 0.6 is 11.3 Å². The molecular formula is C24H15F2N5O3S. The molecule has 0 unspecified atom stereocenters. The van der Waals surface area contributed by atoms with Gasteiger partial charge in [0.25, 0.3) is 11.5 Å². The van der Waals surface area contributed by atoms with Crippen molar-refractivity contribution in [1.82, 2.24) is 14.5 Å². The second-order valence-corrected chi connectivity index (χ2v) is 8.17. The van der Waals surface area contributed by atoms with Gasteiger partial charge < -0.3 is 15.8 Å². The van der Waals surface area contributed by atoms with E-state index in [9.17, 15) is 18.4 Å². The van der Waals surface area contributed by atoms with Gasteiger partial charge in [0.15, 0.2) is 11.6 Å². The van der Waals surface area contributed by atoms with Crippen LogP contribution in [0.25, 0.3) is 16.0 Å². The van der Waals surface area contributed by atoms with E-state index < -0.39 is 23.1 Å². The number of hydrogen-bond acceptors (Lipinski definition) is 7. The molecule has 11 heteroatoms. The minimum absolute atomic E-state index is 0.0869. The Kier molecular flexibility index (Phi) is 5.67. The largest absolute Gasteiger partial charge is 0.454 e. The number of nitrogens with zero attached hydrogens (tertiary/aromatic N) is 3. The highest BCUT2D eigenvalue weighted by Crippen LogP contribution is 2.28. The molecule has 8 nitrogen and oxygen atoms in total. The van der Waals surface area contributed by atoms with Crippen molar-refractivity contribution in [2.24, 2.45) is 0 Å². The number of benzene rings is 2. The van der Waals surface area contributed by atoms with E-state index in [0.717, 1.165) is 6.07 Å². The van der Waals surface area contributed by atoms with Crippen LogP contribution in [-0.2, 0) is 0 Å². The van der Waals surface area contributed by atoms with E-state index in [1.165, 1.54) is 82.2 Å². The van der Waals surface area contributed by atoms with Crippen molar-refractivity contribution in [3.8, 4) is 17.2 Å². The molecule has 174 valence electrons. The Morgan fingerprint density at radius 1 is 1.03 bits per heavy atom. The summed E-state index contributed by atoms with van der Waals surface area (Å²) in [6, 6.07) is 13.5. The highest BCUT2D eigenvalue weighted by atomic mass is 32.1. The number of hydrogen-bond donors (Lipinski definition) is 2. The van der Waals surface area contributed by atoms with Gasteiger partial charge >= 0.3 is 0 Å². The number of ether oxygens (including phenoxy) is 1. The Labute approximate surface area is 200 Å². The van der Waals surface area contributed by atoms with Crippen molar-refractivity contribution in [3.63, 3.8) is 0 Å². The average molecular weight is 491 g/mol. The number of carbonyl (C=O) groups is 1. The quantitative estimate of drug-likeness (QED) is 0.367. The van der Waals surface area contributed by atoms with Crippen LogP contribution in [0.1, 0.15) is 10.4 Å². The molecule has 3 heterocycles. The monoisotopic (exact) mass is 491 g/mol. The number of rotatable bonds is 5. The normalized spacial score (nSPS) is 10.9. The number of nitrogen functional groups attached to an aromatic ring is 1. The Morgan fingerprint density at radius 2 is 1.83 bits per heavy atom. The van der Waals surface area contributed by atoms with Crippen LogP contribution in [0.2, 0.25) is 0 Å². The van der Waals surface area contributed by atoms with Crippen molar-refractivity contribution >= 4 is 39.1 Å². The maximum Gasteiger partial charge on any atom is 0.269 e. The lowest BCUT2D eigenvalue weighted by molar-refractivity contribution is 0.102. The average Bonchev–Trinajstić information content (AvgIpc) is 3.29. The fourth-order valence-electron chi connectivity index (χ4n) is 3.39. The van der Waals surface area contributed by atoms with Crippen LogP contribution < -0.4 is 21.3 Å². The first kappa shape index (κ1) is 22.2. The molecule has 0 aliphatic rings. The van der Waals surface area contributed by atoms with Crippen LogP contribution in [0.5, 0.6) is 11.5 Å². The van der Waals surface area contributed by atoms with E-state index in [2.05, 4.69) is 15.3 Å². The number of carbonyl (C=O) groups excluding carboxylic acids is 1. The molecule has 3 N–H and O–H groups in total. The van der Waals surface area contributed by atoms with Gasteiger partial charge in [-0.2, -0.15) is 0 Å². The first-order valence-electron chi connectivity index (χ1n) is 10.1. The van der Waals surface area contributed by atoms with Crippen molar-refractivity contribution in [2.45, 2.75) is 0 Å². The zero-order valence-corrected chi connectivity index (χ0v) is 18.6. The molecule has 2 aromatic carbocycles. The lowest BCUT2D eigenvalue weighted by Gasteiger charge is -2.11. The van der Waals surface area contributed by atoms with Gasteiger partial charge in [-0.05, 0) is 48.5 Å². The molecule has 5 aromatic rings. The molecule has 0 saturated carbocycles. The Hall–Kier alpha value is -4.64. The van der Waals surface area contributed by atoms with Gasteiger partial charge in [-0.3, -0.25) is 14.2 Å². The van der Waals surface area contributed by atoms with Crippen molar-refractivity contribution in [2.75, 3.05) is 11.1 Å². The van der Waals surface area contributed by atoms with E-state index in [4.69, 9.17) is 10.5 Å². The number of nitrogens with two attached hydrogens (primary N) is 1. The molecule has 1 amide bonds. The van der Waals surface area contributed by atoms with Gasteiger partial charge in [-0.25, -0.2) is 18.7 Å². The fourth-order valence-corrected chi connectivity index (χ4v) is 4.18. The predicted molar refractivity (Wildman–Crippen MR) is 128 cm³/mol. The number of pyridine rings is 2. The molecule has 0 aliphatic heterocycles. The lowest BCUT2D eigenvalue weighted by Crippen LogP contribution is -2.28. The minimum atomic E-state index is -0.754. The molecule has 0 fully saturated rings. The predicted octanol–water partition coefficient (Wildman–Crippen LogP) is 4.75. The summed E-state index contributed by atoms with van der Waals surface area (Å²) in [5.74, 6) is -1.52. The summed E-state index contributed by atoms with van der Waals surface area (Å²) in [4.78, 5) is 34.7.